The molecular formula is C10H20O. The Kier molecular flexibility index (Phi) is 7.59. The third kappa shape index (κ3) is 7.60. The van der Waals surface area contributed by atoms with Gasteiger partial charge in [0.2, 0.25) is 0 Å². The van der Waals surface area contributed by atoms with E-state index in [1.165, 1.54) is 12.8 Å². The molecule has 0 amide bonds. The molecule has 0 fully saturated rings. The highest BCUT2D eigenvalue weighted by Gasteiger charge is 1.94. The van der Waals surface area contributed by atoms with Crippen molar-refractivity contribution in [1.82, 2.24) is 0 Å². The molecule has 0 spiro atoms. The molecule has 1 atom stereocenters. The van der Waals surface area contributed by atoms with Gasteiger partial charge in [0.15, 0.2) is 0 Å². The van der Waals surface area contributed by atoms with Gasteiger partial charge in [-0.05, 0) is 26.2 Å². The number of allylic oxidation sites excluding steroid dienone is 2. The van der Waals surface area contributed by atoms with Gasteiger partial charge < -0.3 is 4.74 Å². The molecule has 0 bridgehead atoms. The minimum Gasteiger partial charge on any atom is -0.382 e. The molecule has 66 valence electrons. The zero-order valence-corrected chi connectivity index (χ0v) is 7.97. The Bertz CT molecular complexity index is 97.0. The quantitative estimate of drug-likeness (QED) is 0.537. The molecule has 0 aliphatic rings. The summed E-state index contributed by atoms with van der Waals surface area (Å²) in [7, 11) is 1.76. The molecule has 11 heavy (non-hydrogen) atoms. The lowest BCUT2D eigenvalue weighted by molar-refractivity contribution is 0.112. The van der Waals surface area contributed by atoms with E-state index in [9.17, 15) is 0 Å². The highest BCUT2D eigenvalue weighted by atomic mass is 16.5. The van der Waals surface area contributed by atoms with Crippen molar-refractivity contribution in [2.45, 2.75) is 45.6 Å². The van der Waals surface area contributed by atoms with Crippen molar-refractivity contribution in [2.75, 3.05) is 7.11 Å². The van der Waals surface area contributed by atoms with E-state index in [0.717, 1.165) is 12.8 Å². The zero-order chi connectivity index (χ0) is 8.53. The summed E-state index contributed by atoms with van der Waals surface area (Å²) in [5.74, 6) is 0. The molecule has 0 aromatic heterocycles. The summed E-state index contributed by atoms with van der Waals surface area (Å²) in [6.07, 6.45) is 9.64. The second-order valence-electron chi connectivity index (χ2n) is 2.88. The van der Waals surface area contributed by atoms with Crippen molar-refractivity contribution >= 4 is 0 Å². The number of hydrogen-bond donors (Lipinski definition) is 0. The molecule has 0 heterocycles. The van der Waals surface area contributed by atoms with E-state index < -0.39 is 0 Å². The number of ether oxygens (including phenoxy) is 1. The van der Waals surface area contributed by atoms with E-state index in [-0.39, 0.29) is 0 Å². The first-order chi connectivity index (χ1) is 5.31. The maximum atomic E-state index is 5.12. The van der Waals surface area contributed by atoms with Crippen LogP contribution < -0.4 is 0 Å². The number of hydrogen-bond acceptors (Lipinski definition) is 1. The van der Waals surface area contributed by atoms with Crippen LogP contribution in [0.2, 0.25) is 0 Å². The molecular weight excluding hydrogens is 136 g/mol. The Morgan fingerprint density at radius 1 is 1.27 bits per heavy atom. The zero-order valence-electron chi connectivity index (χ0n) is 7.97. The van der Waals surface area contributed by atoms with Gasteiger partial charge in [-0.25, -0.2) is 0 Å². The molecule has 0 saturated carbocycles. The van der Waals surface area contributed by atoms with Crippen molar-refractivity contribution in [3.05, 3.63) is 12.2 Å². The predicted molar refractivity (Wildman–Crippen MR) is 49.8 cm³/mol. The summed E-state index contributed by atoms with van der Waals surface area (Å²) < 4.78 is 5.12. The van der Waals surface area contributed by atoms with Crippen LogP contribution in [0.15, 0.2) is 12.2 Å². The van der Waals surface area contributed by atoms with Crippen molar-refractivity contribution < 1.29 is 4.74 Å². The van der Waals surface area contributed by atoms with Crippen molar-refractivity contribution in [3.8, 4) is 0 Å². The molecule has 0 aromatic carbocycles. The maximum Gasteiger partial charge on any atom is 0.0546 e. The first-order valence-corrected chi connectivity index (χ1v) is 4.49. The van der Waals surface area contributed by atoms with Gasteiger partial charge in [0.05, 0.1) is 6.10 Å². The molecule has 1 nitrogen and oxygen atoms in total. The lowest BCUT2D eigenvalue weighted by atomic mass is 10.2. The van der Waals surface area contributed by atoms with Gasteiger partial charge in [0.1, 0.15) is 0 Å². The topological polar surface area (TPSA) is 9.23 Å². The fourth-order valence-corrected chi connectivity index (χ4v) is 0.851. The van der Waals surface area contributed by atoms with Gasteiger partial charge in [-0.3, -0.25) is 0 Å². The summed E-state index contributed by atoms with van der Waals surface area (Å²) >= 11 is 0. The lowest BCUT2D eigenvalue weighted by Gasteiger charge is -2.05. The molecule has 0 aromatic rings. The molecule has 1 heteroatoms. The Labute approximate surface area is 70.4 Å². The van der Waals surface area contributed by atoms with Crippen LogP contribution in [0.5, 0.6) is 0 Å². The van der Waals surface area contributed by atoms with Crippen LogP contribution in [0.25, 0.3) is 0 Å². The van der Waals surface area contributed by atoms with E-state index in [0.29, 0.717) is 6.10 Å². The molecule has 0 aliphatic heterocycles. The molecule has 0 rings (SSSR count). The van der Waals surface area contributed by atoms with E-state index in [1.807, 2.05) is 0 Å². The first-order valence-electron chi connectivity index (χ1n) is 4.49. The standard InChI is InChI=1S/C10H20O/c1-4-5-6-7-8-9-10(2)11-3/h6-7,10H,4-5,8-9H2,1-3H3. The second-order valence-corrected chi connectivity index (χ2v) is 2.88. The van der Waals surface area contributed by atoms with Gasteiger partial charge in [-0.15, -0.1) is 0 Å². The third-order valence-corrected chi connectivity index (χ3v) is 1.76. The Hall–Kier alpha value is -0.300. The third-order valence-electron chi connectivity index (χ3n) is 1.76. The lowest BCUT2D eigenvalue weighted by Crippen LogP contribution is -2.02. The Morgan fingerprint density at radius 3 is 2.45 bits per heavy atom. The van der Waals surface area contributed by atoms with Gasteiger partial charge in [-0.1, -0.05) is 25.5 Å². The molecule has 0 radical (unpaired) electrons. The highest BCUT2D eigenvalue weighted by molar-refractivity contribution is 4.81. The number of unbranched alkanes of at least 4 members (excludes halogenated alkanes) is 1. The first kappa shape index (κ1) is 10.7. The van der Waals surface area contributed by atoms with E-state index in [1.54, 1.807) is 7.11 Å². The Morgan fingerprint density at radius 2 is 1.91 bits per heavy atom. The van der Waals surface area contributed by atoms with E-state index >= 15 is 0 Å². The maximum absolute atomic E-state index is 5.12. The number of rotatable bonds is 6. The summed E-state index contributed by atoms with van der Waals surface area (Å²) in [6, 6.07) is 0. The largest absolute Gasteiger partial charge is 0.382 e. The normalized spacial score (nSPS) is 14.1. The van der Waals surface area contributed by atoms with Crippen molar-refractivity contribution in [1.29, 1.82) is 0 Å². The van der Waals surface area contributed by atoms with Crippen LogP contribution in [0, 0.1) is 0 Å². The van der Waals surface area contributed by atoms with Gasteiger partial charge in [-0.2, -0.15) is 0 Å². The van der Waals surface area contributed by atoms with Crippen LogP contribution in [-0.4, -0.2) is 13.2 Å². The monoisotopic (exact) mass is 156 g/mol. The molecule has 0 N–H and O–H groups in total. The molecule has 1 unspecified atom stereocenters. The summed E-state index contributed by atoms with van der Waals surface area (Å²) in [5, 5.41) is 0. The van der Waals surface area contributed by atoms with E-state index in [2.05, 4.69) is 26.0 Å². The highest BCUT2D eigenvalue weighted by Crippen LogP contribution is 2.01. The van der Waals surface area contributed by atoms with Gasteiger partial charge >= 0.3 is 0 Å². The van der Waals surface area contributed by atoms with Crippen LogP contribution >= 0.6 is 0 Å². The minimum atomic E-state index is 0.404. The Balaban J connectivity index is 3.12. The average molecular weight is 156 g/mol. The molecule has 0 aliphatic carbocycles. The summed E-state index contributed by atoms with van der Waals surface area (Å²) in [6.45, 7) is 4.30. The van der Waals surface area contributed by atoms with Gasteiger partial charge in [0.25, 0.3) is 0 Å². The smallest absolute Gasteiger partial charge is 0.0546 e. The summed E-state index contributed by atoms with van der Waals surface area (Å²) in [5.41, 5.74) is 0. The fraction of sp³-hybridized carbons (Fsp3) is 0.800. The second kappa shape index (κ2) is 7.80. The minimum absolute atomic E-state index is 0.404. The summed E-state index contributed by atoms with van der Waals surface area (Å²) in [4.78, 5) is 0. The number of methoxy groups -OCH3 is 1. The average Bonchev–Trinajstić information content (AvgIpc) is 2.04. The SMILES string of the molecule is CCCC=CCCC(C)OC. The van der Waals surface area contributed by atoms with Gasteiger partial charge in [0, 0.05) is 7.11 Å². The fourth-order valence-electron chi connectivity index (χ4n) is 0.851. The van der Waals surface area contributed by atoms with Crippen molar-refractivity contribution in [3.63, 3.8) is 0 Å². The van der Waals surface area contributed by atoms with Crippen molar-refractivity contribution in [2.24, 2.45) is 0 Å². The van der Waals surface area contributed by atoms with Crippen LogP contribution in [0.3, 0.4) is 0 Å². The van der Waals surface area contributed by atoms with Crippen LogP contribution in [0.1, 0.15) is 39.5 Å². The van der Waals surface area contributed by atoms with Crippen LogP contribution in [0.4, 0.5) is 0 Å². The predicted octanol–water partition coefficient (Wildman–Crippen LogP) is 3.16. The molecule has 0 saturated heterocycles. The van der Waals surface area contributed by atoms with E-state index in [4.69, 9.17) is 4.74 Å². The van der Waals surface area contributed by atoms with Crippen LogP contribution in [-0.2, 0) is 4.74 Å².